The number of rotatable bonds is 3. The molecule has 98 valence electrons. The quantitative estimate of drug-likeness (QED) is 0.825. The van der Waals surface area contributed by atoms with Crippen LogP contribution < -0.4 is 0 Å². The Hall–Kier alpha value is -1.42. The number of hydrogen-bond acceptors (Lipinski definition) is 2. The number of amides is 1. The minimum atomic E-state index is -0.366. The van der Waals surface area contributed by atoms with Crippen molar-refractivity contribution < 1.29 is 13.9 Å². The maximum atomic E-state index is 13.1. The van der Waals surface area contributed by atoms with Gasteiger partial charge in [-0.25, -0.2) is 4.39 Å². The summed E-state index contributed by atoms with van der Waals surface area (Å²) in [7, 11) is 1.70. The highest BCUT2D eigenvalue weighted by Crippen LogP contribution is 2.19. The Labute approximate surface area is 107 Å². The largest absolute Gasteiger partial charge is 0.384 e. The summed E-state index contributed by atoms with van der Waals surface area (Å²) in [4.78, 5) is 13.9. The van der Waals surface area contributed by atoms with Crippen molar-refractivity contribution in [2.24, 2.45) is 5.92 Å². The highest BCUT2D eigenvalue weighted by Gasteiger charge is 2.23. The summed E-state index contributed by atoms with van der Waals surface area (Å²) in [6.07, 6.45) is 1.91. The zero-order valence-electron chi connectivity index (χ0n) is 10.6. The van der Waals surface area contributed by atoms with Crippen molar-refractivity contribution in [1.82, 2.24) is 4.90 Å². The van der Waals surface area contributed by atoms with Crippen LogP contribution >= 0.6 is 0 Å². The Morgan fingerprint density at radius 3 is 2.78 bits per heavy atom. The molecule has 4 heteroatoms. The summed E-state index contributed by atoms with van der Waals surface area (Å²) in [5.74, 6) is 0.0899. The Balaban J connectivity index is 1.95. The zero-order valence-corrected chi connectivity index (χ0v) is 10.6. The molecule has 0 atom stereocenters. The smallest absolute Gasteiger partial charge is 0.253 e. The fourth-order valence-electron chi connectivity index (χ4n) is 2.34. The van der Waals surface area contributed by atoms with E-state index in [1.54, 1.807) is 24.1 Å². The van der Waals surface area contributed by atoms with E-state index in [0.29, 0.717) is 11.5 Å². The van der Waals surface area contributed by atoms with Crippen LogP contribution in [-0.2, 0) is 4.74 Å². The number of piperidine rings is 1. The summed E-state index contributed by atoms with van der Waals surface area (Å²) in [6.45, 7) is 2.20. The molecule has 18 heavy (non-hydrogen) atoms. The van der Waals surface area contributed by atoms with E-state index in [-0.39, 0.29) is 11.7 Å². The Morgan fingerprint density at radius 2 is 2.17 bits per heavy atom. The van der Waals surface area contributed by atoms with Gasteiger partial charge in [-0.15, -0.1) is 0 Å². The molecule has 2 rings (SSSR count). The number of carbonyl (C=O) groups excluding carboxylic acids is 1. The first kappa shape index (κ1) is 13.0. The second-order valence-corrected chi connectivity index (χ2v) is 4.70. The van der Waals surface area contributed by atoms with E-state index in [2.05, 4.69) is 0 Å². The van der Waals surface area contributed by atoms with Crippen molar-refractivity contribution in [2.75, 3.05) is 26.8 Å². The van der Waals surface area contributed by atoms with Crippen LogP contribution in [0.5, 0.6) is 0 Å². The number of methoxy groups -OCH3 is 1. The first-order valence-corrected chi connectivity index (χ1v) is 6.24. The zero-order chi connectivity index (χ0) is 13.0. The van der Waals surface area contributed by atoms with Crippen molar-refractivity contribution in [1.29, 1.82) is 0 Å². The fourth-order valence-corrected chi connectivity index (χ4v) is 2.34. The van der Waals surface area contributed by atoms with Crippen LogP contribution in [0, 0.1) is 11.7 Å². The SMILES string of the molecule is COCC1CCN(C(=O)c2cccc(F)c2)CC1. The van der Waals surface area contributed by atoms with E-state index in [9.17, 15) is 9.18 Å². The predicted octanol–water partition coefficient (Wildman–Crippen LogP) is 2.32. The standard InChI is InChI=1S/C14H18FNO2/c1-18-10-11-5-7-16(8-6-11)14(17)12-3-2-4-13(15)9-12/h2-4,9,11H,5-8,10H2,1H3. The van der Waals surface area contributed by atoms with E-state index < -0.39 is 0 Å². The number of likely N-dealkylation sites (tertiary alicyclic amines) is 1. The van der Waals surface area contributed by atoms with Crippen molar-refractivity contribution in [3.63, 3.8) is 0 Å². The van der Waals surface area contributed by atoms with Gasteiger partial charge < -0.3 is 9.64 Å². The van der Waals surface area contributed by atoms with E-state index in [0.717, 1.165) is 32.5 Å². The third-order valence-corrected chi connectivity index (χ3v) is 3.38. The Bertz CT molecular complexity index is 414. The number of hydrogen-bond donors (Lipinski definition) is 0. The normalized spacial score (nSPS) is 16.9. The van der Waals surface area contributed by atoms with Gasteiger partial charge in [0.05, 0.1) is 0 Å². The minimum Gasteiger partial charge on any atom is -0.384 e. The molecule has 0 aromatic heterocycles. The van der Waals surface area contributed by atoms with Gasteiger partial charge in [-0.05, 0) is 37.0 Å². The lowest BCUT2D eigenvalue weighted by Gasteiger charge is -2.31. The first-order chi connectivity index (χ1) is 8.70. The summed E-state index contributed by atoms with van der Waals surface area (Å²) in [6, 6.07) is 5.87. The van der Waals surface area contributed by atoms with E-state index >= 15 is 0 Å². The molecule has 1 amide bonds. The number of nitrogens with zero attached hydrogens (tertiary/aromatic N) is 1. The van der Waals surface area contributed by atoms with Gasteiger partial charge in [-0.1, -0.05) is 6.07 Å². The van der Waals surface area contributed by atoms with Crippen LogP contribution in [0.2, 0.25) is 0 Å². The second kappa shape index (κ2) is 5.96. The van der Waals surface area contributed by atoms with Gasteiger partial charge in [0.2, 0.25) is 0 Å². The predicted molar refractivity (Wildman–Crippen MR) is 66.9 cm³/mol. The van der Waals surface area contributed by atoms with E-state index in [1.165, 1.54) is 12.1 Å². The van der Waals surface area contributed by atoms with Gasteiger partial charge in [-0.2, -0.15) is 0 Å². The molecule has 0 radical (unpaired) electrons. The lowest BCUT2D eigenvalue weighted by molar-refractivity contribution is 0.0613. The lowest BCUT2D eigenvalue weighted by Crippen LogP contribution is -2.39. The molecule has 0 spiro atoms. The molecule has 0 N–H and O–H groups in total. The molecule has 0 saturated carbocycles. The van der Waals surface area contributed by atoms with Crippen LogP contribution in [0.4, 0.5) is 4.39 Å². The molecule has 3 nitrogen and oxygen atoms in total. The highest BCUT2D eigenvalue weighted by molar-refractivity contribution is 5.94. The third kappa shape index (κ3) is 3.07. The van der Waals surface area contributed by atoms with Crippen molar-refractivity contribution in [3.05, 3.63) is 35.6 Å². The van der Waals surface area contributed by atoms with Crippen molar-refractivity contribution >= 4 is 5.91 Å². The molecular weight excluding hydrogens is 233 g/mol. The Kier molecular flexibility index (Phi) is 4.31. The van der Waals surface area contributed by atoms with Gasteiger partial charge in [0.25, 0.3) is 5.91 Å². The average molecular weight is 251 g/mol. The molecular formula is C14H18FNO2. The Morgan fingerprint density at radius 1 is 1.44 bits per heavy atom. The molecule has 1 saturated heterocycles. The van der Waals surface area contributed by atoms with Crippen LogP contribution in [0.25, 0.3) is 0 Å². The molecule has 1 aromatic carbocycles. The maximum Gasteiger partial charge on any atom is 0.253 e. The van der Waals surface area contributed by atoms with Gasteiger partial charge >= 0.3 is 0 Å². The van der Waals surface area contributed by atoms with Gasteiger partial charge in [0.1, 0.15) is 5.82 Å². The molecule has 1 fully saturated rings. The van der Waals surface area contributed by atoms with Crippen LogP contribution in [0.1, 0.15) is 23.2 Å². The van der Waals surface area contributed by atoms with E-state index in [1.807, 2.05) is 0 Å². The molecule has 1 aromatic rings. The number of benzene rings is 1. The molecule has 1 aliphatic rings. The average Bonchev–Trinajstić information content (AvgIpc) is 2.39. The third-order valence-electron chi connectivity index (χ3n) is 3.38. The van der Waals surface area contributed by atoms with E-state index in [4.69, 9.17) is 4.74 Å². The minimum absolute atomic E-state index is 0.0784. The van der Waals surface area contributed by atoms with Gasteiger partial charge in [0, 0.05) is 32.4 Å². The van der Waals surface area contributed by atoms with Crippen LogP contribution in [0.3, 0.4) is 0 Å². The fraction of sp³-hybridized carbons (Fsp3) is 0.500. The topological polar surface area (TPSA) is 29.5 Å². The summed E-state index contributed by atoms with van der Waals surface area (Å²) < 4.78 is 18.2. The molecule has 1 heterocycles. The second-order valence-electron chi connectivity index (χ2n) is 4.70. The van der Waals surface area contributed by atoms with Crippen LogP contribution in [-0.4, -0.2) is 37.6 Å². The maximum absolute atomic E-state index is 13.1. The molecule has 1 aliphatic heterocycles. The number of ether oxygens (including phenoxy) is 1. The van der Waals surface area contributed by atoms with Crippen molar-refractivity contribution in [3.8, 4) is 0 Å². The summed E-state index contributed by atoms with van der Waals surface area (Å²) >= 11 is 0. The molecule has 0 bridgehead atoms. The van der Waals surface area contributed by atoms with Crippen molar-refractivity contribution in [2.45, 2.75) is 12.8 Å². The first-order valence-electron chi connectivity index (χ1n) is 6.24. The lowest BCUT2D eigenvalue weighted by atomic mass is 9.97. The number of halogens is 1. The number of carbonyl (C=O) groups is 1. The summed E-state index contributed by atoms with van der Waals surface area (Å²) in [5, 5.41) is 0. The van der Waals surface area contributed by atoms with Gasteiger partial charge in [-0.3, -0.25) is 4.79 Å². The molecule has 0 unspecified atom stereocenters. The van der Waals surface area contributed by atoms with Gasteiger partial charge in [0.15, 0.2) is 0 Å². The monoisotopic (exact) mass is 251 g/mol. The molecule has 0 aliphatic carbocycles. The van der Waals surface area contributed by atoms with Crippen LogP contribution in [0.15, 0.2) is 24.3 Å². The highest BCUT2D eigenvalue weighted by atomic mass is 19.1. The summed E-state index contributed by atoms with van der Waals surface area (Å²) in [5.41, 5.74) is 0.431.